The van der Waals surface area contributed by atoms with Crippen LogP contribution in [0.5, 0.6) is 5.75 Å². The molecular weight excluding hydrogens is 258 g/mol. The molecule has 1 amide bonds. The average Bonchev–Trinajstić information content (AvgIpc) is 2.39. The van der Waals surface area contributed by atoms with Crippen LogP contribution in [0.3, 0.4) is 0 Å². The first-order valence-corrected chi connectivity index (χ1v) is 6.72. The zero-order valence-electron chi connectivity index (χ0n) is 12.1. The van der Waals surface area contributed by atoms with Crippen molar-refractivity contribution in [2.24, 2.45) is 0 Å². The minimum Gasteiger partial charge on any atom is -0.493 e. The summed E-state index contributed by atoms with van der Waals surface area (Å²) in [6, 6.07) is 6.80. The van der Waals surface area contributed by atoms with E-state index in [1.54, 1.807) is 24.3 Å². The molecule has 0 aliphatic rings. The molecule has 5 nitrogen and oxygen atoms in total. The Labute approximate surface area is 118 Å². The molecule has 1 aromatic rings. The highest BCUT2D eigenvalue weighted by Gasteiger charge is 2.34. The molecule has 0 aliphatic carbocycles. The molecule has 1 rings (SSSR count). The summed E-state index contributed by atoms with van der Waals surface area (Å²) in [6.07, 6.45) is 1.03. The van der Waals surface area contributed by atoms with Gasteiger partial charge in [-0.3, -0.25) is 4.79 Å². The van der Waals surface area contributed by atoms with E-state index in [9.17, 15) is 14.7 Å². The molecule has 0 radical (unpaired) electrons. The largest absolute Gasteiger partial charge is 0.493 e. The molecular formula is C15H21NO4. The second kappa shape index (κ2) is 6.93. The maximum atomic E-state index is 12.3. The number of carboxylic acid groups (broad SMARTS) is 1. The van der Waals surface area contributed by atoms with Crippen LogP contribution in [0.15, 0.2) is 24.3 Å². The zero-order valence-corrected chi connectivity index (χ0v) is 12.1. The molecule has 0 saturated carbocycles. The van der Waals surface area contributed by atoms with Gasteiger partial charge >= 0.3 is 5.97 Å². The fourth-order valence-electron chi connectivity index (χ4n) is 1.98. The number of hydrogen-bond donors (Lipinski definition) is 2. The Morgan fingerprint density at radius 1 is 1.30 bits per heavy atom. The predicted octanol–water partition coefficient (Wildman–Crippen LogP) is 2.46. The second-order valence-corrected chi connectivity index (χ2v) is 4.77. The summed E-state index contributed by atoms with van der Waals surface area (Å²) in [7, 11) is 0. The van der Waals surface area contributed by atoms with Gasteiger partial charge in [0, 0.05) is 0 Å². The van der Waals surface area contributed by atoms with Crippen LogP contribution >= 0.6 is 0 Å². The van der Waals surface area contributed by atoms with Crippen molar-refractivity contribution in [2.45, 2.75) is 39.2 Å². The van der Waals surface area contributed by atoms with Crippen molar-refractivity contribution in [3.8, 4) is 5.75 Å². The predicted molar refractivity (Wildman–Crippen MR) is 76.0 cm³/mol. The van der Waals surface area contributed by atoms with Crippen LogP contribution in [-0.4, -0.2) is 29.1 Å². The highest BCUT2D eigenvalue weighted by atomic mass is 16.5. The molecule has 0 fully saturated rings. The van der Waals surface area contributed by atoms with Gasteiger partial charge in [-0.25, -0.2) is 4.79 Å². The maximum absolute atomic E-state index is 12.3. The van der Waals surface area contributed by atoms with E-state index in [4.69, 9.17) is 4.74 Å². The third-order valence-corrected chi connectivity index (χ3v) is 3.04. The van der Waals surface area contributed by atoms with E-state index >= 15 is 0 Å². The fourth-order valence-corrected chi connectivity index (χ4v) is 1.98. The van der Waals surface area contributed by atoms with Gasteiger partial charge in [0.05, 0.1) is 12.2 Å². The van der Waals surface area contributed by atoms with E-state index < -0.39 is 17.4 Å². The van der Waals surface area contributed by atoms with Crippen molar-refractivity contribution >= 4 is 11.9 Å². The van der Waals surface area contributed by atoms with Gasteiger partial charge < -0.3 is 15.2 Å². The van der Waals surface area contributed by atoms with E-state index in [1.165, 1.54) is 6.92 Å². The topological polar surface area (TPSA) is 75.6 Å². The Hall–Kier alpha value is -2.04. The third-order valence-electron chi connectivity index (χ3n) is 3.04. The lowest BCUT2D eigenvalue weighted by atomic mass is 9.95. The lowest BCUT2D eigenvalue weighted by Crippen LogP contribution is -2.52. The molecule has 1 aromatic carbocycles. The standard InChI is InChI=1S/C15H21NO4/c1-4-10-15(3,14(18)19)16-13(17)11-8-6-7-9-12(11)20-5-2/h6-9H,4-5,10H2,1-3H3,(H,16,17)(H,18,19). The quantitative estimate of drug-likeness (QED) is 0.804. The van der Waals surface area contributed by atoms with Crippen LogP contribution in [0.4, 0.5) is 0 Å². The van der Waals surface area contributed by atoms with E-state index in [1.807, 2.05) is 13.8 Å². The molecule has 5 heteroatoms. The van der Waals surface area contributed by atoms with Crippen LogP contribution < -0.4 is 10.1 Å². The molecule has 2 N–H and O–H groups in total. The molecule has 110 valence electrons. The Bertz CT molecular complexity index is 487. The first-order chi connectivity index (χ1) is 9.44. The Balaban J connectivity index is 2.98. The smallest absolute Gasteiger partial charge is 0.329 e. The SMILES string of the molecule is CCCC(C)(NC(=O)c1ccccc1OCC)C(=O)O. The summed E-state index contributed by atoms with van der Waals surface area (Å²) >= 11 is 0. The minimum atomic E-state index is -1.27. The highest BCUT2D eigenvalue weighted by Crippen LogP contribution is 2.20. The van der Waals surface area contributed by atoms with Crippen molar-refractivity contribution in [3.05, 3.63) is 29.8 Å². The Kier molecular flexibility index (Phi) is 5.55. The first kappa shape index (κ1) is 16.0. The lowest BCUT2D eigenvalue weighted by molar-refractivity contribution is -0.144. The molecule has 0 heterocycles. The molecule has 1 unspecified atom stereocenters. The van der Waals surface area contributed by atoms with Gasteiger partial charge in [0.15, 0.2) is 0 Å². The van der Waals surface area contributed by atoms with E-state index in [-0.39, 0.29) is 0 Å². The zero-order chi connectivity index (χ0) is 15.2. The summed E-state index contributed by atoms with van der Waals surface area (Å²) in [5.41, 5.74) is -0.927. The summed E-state index contributed by atoms with van der Waals surface area (Å²) < 4.78 is 5.38. The number of amides is 1. The molecule has 1 atom stereocenters. The summed E-state index contributed by atoms with van der Waals surface area (Å²) in [5.74, 6) is -1.02. The Morgan fingerprint density at radius 3 is 2.50 bits per heavy atom. The number of carbonyl (C=O) groups excluding carboxylic acids is 1. The van der Waals surface area contributed by atoms with Gasteiger partial charge in [-0.05, 0) is 32.4 Å². The lowest BCUT2D eigenvalue weighted by Gasteiger charge is -2.26. The van der Waals surface area contributed by atoms with Gasteiger partial charge in [0.25, 0.3) is 5.91 Å². The molecule has 20 heavy (non-hydrogen) atoms. The van der Waals surface area contributed by atoms with E-state index in [0.717, 1.165) is 0 Å². The summed E-state index contributed by atoms with van der Waals surface area (Å²) in [5, 5.41) is 11.9. The van der Waals surface area contributed by atoms with Crippen molar-refractivity contribution in [3.63, 3.8) is 0 Å². The number of aliphatic carboxylic acids is 1. The molecule has 0 aliphatic heterocycles. The number of carbonyl (C=O) groups is 2. The summed E-state index contributed by atoms with van der Waals surface area (Å²) in [6.45, 7) is 5.66. The van der Waals surface area contributed by atoms with E-state index in [2.05, 4.69) is 5.32 Å². The van der Waals surface area contributed by atoms with Crippen LogP contribution in [0, 0.1) is 0 Å². The van der Waals surface area contributed by atoms with Crippen LogP contribution in [0.1, 0.15) is 44.0 Å². The van der Waals surface area contributed by atoms with Crippen molar-refractivity contribution < 1.29 is 19.4 Å². The number of hydrogen-bond acceptors (Lipinski definition) is 3. The number of ether oxygens (including phenoxy) is 1. The van der Waals surface area contributed by atoms with Gasteiger partial charge in [-0.1, -0.05) is 25.5 Å². The van der Waals surface area contributed by atoms with Gasteiger partial charge in [0.1, 0.15) is 11.3 Å². The Morgan fingerprint density at radius 2 is 1.95 bits per heavy atom. The summed E-state index contributed by atoms with van der Waals surface area (Å²) in [4.78, 5) is 23.6. The van der Waals surface area contributed by atoms with E-state index in [0.29, 0.717) is 30.8 Å². The van der Waals surface area contributed by atoms with Gasteiger partial charge in [0.2, 0.25) is 0 Å². The highest BCUT2D eigenvalue weighted by molar-refractivity contribution is 5.99. The normalized spacial score (nSPS) is 13.3. The molecule has 0 saturated heterocycles. The van der Waals surface area contributed by atoms with Crippen LogP contribution in [-0.2, 0) is 4.79 Å². The number of benzene rings is 1. The average molecular weight is 279 g/mol. The maximum Gasteiger partial charge on any atom is 0.329 e. The number of carboxylic acids is 1. The van der Waals surface area contributed by atoms with Gasteiger partial charge in [-0.15, -0.1) is 0 Å². The number of para-hydroxylation sites is 1. The number of rotatable bonds is 7. The molecule has 0 spiro atoms. The van der Waals surface area contributed by atoms with Crippen molar-refractivity contribution in [2.75, 3.05) is 6.61 Å². The van der Waals surface area contributed by atoms with Crippen molar-refractivity contribution in [1.29, 1.82) is 0 Å². The molecule has 0 bridgehead atoms. The minimum absolute atomic E-state index is 0.345. The van der Waals surface area contributed by atoms with Crippen LogP contribution in [0.2, 0.25) is 0 Å². The second-order valence-electron chi connectivity index (χ2n) is 4.77. The first-order valence-electron chi connectivity index (χ1n) is 6.72. The number of nitrogens with one attached hydrogen (secondary N) is 1. The van der Waals surface area contributed by atoms with Crippen LogP contribution in [0.25, 0.3) is 0 Å². The fraction of sp³-hybridized carbons (Fsp3) is 0.467. The third kappa shape index (κ3) is 3.73. The monoisotopic (exact) mass is 279 g/mol. The van der Waals surface area contributed by atoms with Crippen molar-refractivity contribution in [1.82, 2.24) is 5.32 Å². The molecule has 0 aromatic heterocycles. The van der Waals surface area contributed by atoms with Gasteiger partial charge in [-0.2, -0.15) is 0 Å².